The van der Waals surface area contributed by atoms with Crippen molar-refractivity contribution in [3.05, 3.63) is 0 Å². The van der Waals surface area contributed by atoms with Gasteiger partial charge in [-0.15, -0.1) is 0 Å². The molecule has 0 aliphatic heterocycles. The van der Waals surface area contributed by atoms with E-state index in [1.54, 1.807) is 0 Å². The van der Waals surface area contributed by atoms with E-state index in [1.165, 1.54) is 0 Å². The molecule has 0 saturated carbocycles. The molecular formula is C9H25O3PSi2. The van der Waals surface area contributed by atoms with E-state index >= 15 is 0 Å². The van der Waals surface area contributed by atoms with Crippen LogP contribution >= 0.6 is 8.60 Å². The lowest BCUT2D eigenvalue weighted by atomic mass is 10.5. The Hall–Kier alpha value is 0.744. The smallest absolute Gasteiger partial charge is 0.311 e. The van der Waals surface area contributed by atoms with Gasteiger partial charge in [-0.05, 0) is 53.1 Å². The summed E-state index contributed by atoms with van der Waals surface area (Å²) in [5.74, 6) is 0. The predicted octanol–water partition coefficient (Wildman–Crippen LogP) is 4.34. The molecule has 0 aromatic carbocycles. The number of rotatable bonds is 6. The fraction of sp³-hybridized carbons (Fsp3) is 1.00. The molecule has 0 amide bonds. The van der Waals surface area contributed by atoms with Gasteiger partial charge in [-0.2, -0.15) is 0 Å². The van der Waals surface area contributed by atoms with E-state index in [1.807, 2.05) is 13.8 Å². The molecule has 6 heteroatoms. The van der Waals surface area contributed by atoms with Gasteiger partial charge in [0.25, 0.3) is 0 Å². The van der Waals surface area contributed by atoms with E-state index in [9.17, 15) is 0 Å². The van der Waals surface area contributed by atoms with Crippen LogP contribution < -0.4 is 0 Å². The minimum absolute atomic E-state index is 0.156. The third-order valence-corrected chi connectivity index (χ3v) is 7.16. The van der Waals surface area contributed by atoms with Crippen molar-refractivity contribution in [2.45, 2.75) is 59.2 Å². The molecule has 0 rings (SSSR count). The Bertz CT molecular complexity index is 171. The summed E-state index contributed by atoms with van der Waals surface area (Å²) in [6, 6.07) is 0. The van der Waals surface area contributed by atoms with Gasteiger partial charge in [0.1, 0.15) is 0 Å². The van der Waals surface area contributed by atoms with Crippen LogP contribution in [-0.4, -0.2) is 22.7 Å². The van der Waals surface area contributed by atoms with Crippen molar-refractivity contribution in [2.24, 2.45) is 0 Å². The molecule has 0 unspecified atom stereocenters. The SMILES string of the molecule is CC(C)OP(O[Si](C)(C)C)O[Si](C)(C)C. The highest BCUT2D eigenvalue weighted by molar-refractivity contribution is 7.45. The van der Waals surface area contributed by atoms with E-state index in [2.05, 4.69) is 39.3 Å². The van der Waals surface area contributed by atoms with Crippen molar-refractivity contribution in [3.8, 4) is 0 Å². The van der Waals surface area contributed by atoms with Crippen LogP contribution in [0, 0.1) is 0 Å². The van der Waals surface area contributed by atoms with Crippen LogP contribution in [0.5, 0.6) is 0 Å². The fourth-order valence-electron chi connectivity index (χ4n) is 0.681. The monoisotopic (exact) mass is 268 g/mol. The minimum Gasteiger partial charge on any atom is -0.355 e. The van der Waals surface area contributed by atoms with E-state index in [0.29, 0.717) is 0 Å². The molecule has 0 spiro atoms. The molecule has 0 heterocycles. The maximum absolute atomic E-state index is 5.92. The third-order valence-electron chi connectivity index (χ3n) is 0.994. The molecule has 0 aromatic heterocycles. The Morgan fingerprint density at radius 3 is 1.33 bits per heavy atom. The first-order valence-electron chi connectivity index (χ1n) is 5.35. The van der Waals surface area contributed by atoms with Gasteiger partial charge in [0.2, 0.25) is 0 Å². The van der Waals surface area contributed by atoms with Crippen molar-refractivity contribution >= 4 is 25.2 Å². The van der Waals surface area contributed by atoms with Crippen molar-refractivity contribution in [1.82, 2.24) is 0 Å². The molecule has 0 atom stereocenters. The summed E-state index contributed by atoms with van der Waals surface area (Å²) in [6.07, 6.45) is 0.156. The van der Waals surface area contributed by atoms with Crippen LogP contribution in [-0.2, 0) is 12.9 Å². The standard InChI is InChI=1S/C9H25O3PSi2/c1-9(2)10-13(11-14(3,4)5)12-15(6,7)8/h9H,1-8H3. The van der Waals surface area contributed by atoms with Gasteiger partial charge in [0.15, 0.2) is 16.6 Å². The third kappa shape index (κ3) is 11.0. The molecule has 3 nitrogen and oxygen atoms in total. The van der Waals surface area contributed by atoms with Crippen LogP contribution in [0.25, 0.3) is 0 Å². The highest BCUT2D eigenvalue weighted by Gasteiger charge is 2.29. The van der Waals surface area contributed by atoms with Gasteiger partial charge in [0.05, 0.1) is 6.10 Å². The van der Waals surface area contributed by atoms with E-state index in [4.69, 9.17) is 12.9 Å². The molecule has 92 valence electrons. The van der Waals surface area contributed by atoms with Gasteiger partial charge in [-0.25, -0.2) is 0 Å². The number of hydrogen-bond acceptors (Lipinski definition) is 3. The minimum atomic E-state index is -1.59. The number of hydrogen-bond donors (Lipinski definition) is 0. The summed E-state index contributed by atoms with van der Waals surface area (Å²) < 4.78 is 17.5. The first kappa shape index (κ1) is 15.7. The van der Waals surface area contributed by atoms with Crippen molar-refractivity contribution < 1.29 is 12.9 Å². The topological polar surface area (TPSA) is 27.7 Å². The van der Waals surface area contributed by atoms with Gasteiger partial charge in [-0.1, -0.05) is 0 Å². The lowest BCUT2D eigenvalue weighted by Crippen LogP contribution is -2.29. The van der Waals surface area contributed by atoms with Crippen LogP contribution in [0.15, 0.2) is 0 Å². The highest BCUT2D eigenvalue weighted by Crippen LogP contribution is 2.46. The predicted molar refractivity (Wildman–Crippen MR) is 72.0 cm³/mol. The molecule has 0 N–H and O–H groups in total. The second-order valence-electron chi connectivity index (χ2n) is 5.79. The zero-order valence-corrected chi connectivity index (χ0v) is 14.1. The molecule has 15 heavy (non-hydrogen) atoms. The molecular weight excluding hydrogens is 243 g/mol. The van der Waals surface area contributed by atoms with Gasteiger partial charge < -0.3 is 12.9 Å². The maximum Gasteiger partial charge on any atom is 0.311 e. The van der Waals surface area contributed by atoms with E-state index in [-0.39, 0.29) is 6.10 Å². The summed E-state index contributed by atoms with van der Waals surface area (Å²) in [5, 5.41) is 0. The Kier molecular flexibility index (Phi) is 6.18. The van der Waals surface area contributed by atoms with Crippen molar-refractivity contribution in [1.29, 1.82) is 0 Å². The van der Waals surface area contributed by atoms with Gasteiger partial charge >= 0.3 is 8.60 Å². The average Bonchev–Trinajstić information content (AvgIpc) is 1.73. The molecule has 0 radical (unpaired) electrons. The molecule has 0 fully saturated rings. The van der Waals surface area contributed by atoms with Crippen molar-refractivity contribution in [3.63, 3.8) is 0 Å². The van der Waals surface area contributed by atoms with Crippen LogP contribution in [0.1, 0.15) is 13.8 Å². The molecule has 0 aromatic rings. The average molecular weight is 268 g/mol. The lowest BCUT2D eigenvalue weighted by molar-refractivity contribution is 0.207. The van der Waals surface area contributed by atoms with Crippen LogP contribution in [0.2, 0.25) is 39.3 Å². The second kappa shape index (κ2) is 5.89. The van der Waals surface area contributed by atoms with Gasteiger partial charge in [0, 0.05) is 0 Å². The summed E-state index contributed by atoms with van der Waals surface area (Å²) in [5.41, 5.74) is 0. The first-order chi connectivity index (χ1) is 6.49. The van der Waals surface area contributed by atoms with Gasteiger partial charge in [-0.3, -0.25) is 0 Å². The quantitative estimate of drug-likeness (QED) is 0.530. The fourth-order valence-corrected chi connectivity index (χ4v) is 5.43. The first-order valence-corrected chi connectivity index (χ1v) is 13.3. The molecule has 0 aliphatic carbocycles. The van der Waals surface area contributed by atoms with E-state index in [0.717, 1.165) is 0 Å². The Balaban J connectivity index is 4.32. The summed E-state index contributed by atoms with van der Waals surface area (Å²) in [6.45, 7) is 16.9. The van der Waals surface area contributed by atoms with Crippen LogP contribution in [0.4, 0.5) is 0 Å². The Morgan fingerprint density at radius 2 is 1.13 bits per heavy atom. The summed E-state index contributed by atoms with van der Waals surface area (Å²) in [4.78, 5) is 0. The highest BCUT2D eigenvalue weighted by atomic mass is 31.2. The molecule has 0 saturated heterocycles. The normalized spacial score (nSPS) is 14.0. The van der Waals surface area contributed by atoms with E-state index < -0.39 is 25.2 Å². The Morgan fingerprint density at radius 1 is 0.800 bits per heavy atom. The second-order valence-corrected chi connectivity index (χ2v) is 16.4. The lowest BCUT2D eigenvalue weighted by Gasteiger charge is -2.30. The largest absolute Gasteiger partial charge is 0.355 e. The Labute approximate surface area is 97.8 Å². The zero-order chi connectivity index (χ0) is 12.3. The molecule has 0 aliphatic rings. The summed E-state index contributed by atoms with van der Waals surface area (Å²) >= 11 is 0. The van der Waals surface area contributed by atoms with Crippen molar-refractivity contribution in [2.75, 3.05) is 0 Å². The summed E-state index contributed by atoms with van der Waals surface area (Å²) in [7, 11) is -4.32. The maximum atomic E-state index is 5.92. The molecule has 0 bridgehead atoms. The zero-order valence-electron chi connectivity index (χ0n) is 11.2. The van der Waals surface area contributed by atoms with Crippen LogP contribution in [0.3, 0.4) is 0 Å².